The Morgan fingerprint density at radius 3 is 2.81 bits per heavy atom. The van der Waals surface area contributed by atoms with Crippen LogP contribution in [-0.4, -0.2) is 38.1 Å². The van der Waals surface area contributed by atoms with Gasteiger partial charge in [-0.25, -0.2) is 9.78 Å². The fourth-order valence-electron chi connectivity index (χ4n) is 1.74. The number of carboxylic acids is 1. The molecule has 8 heteroatoms. The van der Waals surface area contributed by atoms with E-state index in [0.29, 0.717) is 10.2 Å². The van der Waals surface area contributed by atoms with Gasteiger partial charge in [0.1, 0.15) is 11.8 Å². The summed E-state index contributed by atoms with van der Waals surface area (Å²) in [6.07, 6.45) is 2.98. The first-order valence-corrected chi connectivity index (χ1v) is 6.76. The number of rotatable bonds is 5. The maximum absolute atomic E-state index is 12.1. The third-order valence-corrected chi connectivity index (χ3v) is 3.28. The second-order valence-electron chi connectivity index (χ2n) is 4.31. The third kappa shape index (κ3) is 3.82. The lowest BCUT2D eigenvalue weighted by Crippen LogP contribution is -2.42. The minimum Gasteiger partial charge on any atom is -0.507 e. The van der Waals surface area contributed by atoms with Crippen LogP contribution in [0.3, 0.4) is 0 Å². The number of imidazole rings is 1. The minimum atomic E-state index is -1.17. The Hall–Kier alpha value is -2.35. The van der Waals surface area contributed by atoms with Gasteiger partial charge in [-0.05, 0) is 18.2 Å². The van der Waals surface area contributed by atoms with E-state index >= 15 is 0 Å². The summed E-state index contributed by atoms with van der Waals surface area (Å²) in [4.78, 5) is 29.9. The summed E-state index contributed by atoms with van der Waals surface area (Å²) in [5.41, 5.74) is 0.585. The van der Waals surface area contributed by atoms with Crippen LogP contribution in [0.25, 0.3) is 0 Å². The lowest BCUT2D eigenvalue weighted by Gasteiger charge is -2.14. The molecule has 4 N–H and O–H groups in total. The smallest absolute Gasteiger partial charge is 0.326 e. The molecule has 7 nitrogen and oxygen atoms in total. The van der Waals surface area contributed by atoms with Crippen LogP contribution in [0.15, 0.2) is 35.2 Å². The number of aromatic nitrogens is 2. The normalized spacial score (nSPS) is 11.9. The molecule has 1 amide bonds. The van der Waals surface area contributed by atoms with Crippen molar-refractivity contribution in [1.82, 2.24) is 15.3 Å². The van der Waals surface area contributed by atoms with E-state index in [1.54, 1.807) is 6.07 Å². The van der Waals surface area contributed by atoms with Crippen molar-refractivity contribution in [1.29, 1.82) is 0 Å². The lowest BCUT2D eigenvalue weighted by molar-refractivity contribution is -0.139. The molecule has 2 aromatic rings. The monoisotopic (exact) mass is 353 g/mol. The average Bonchev–Trinajstić information content (AvgIpc) is 2.93. The maximum atomic E-state index is 12.1. The fourth-order valence-corrected chi connectivity index (χ4v) is 2.10. The molecule has 2 rings (SSSR count). The van der Waals surface area contributed by atoms with Gasteiger partial charge in [0.15, 0.2) is 0 Å². The summed E-state index contributed by atoms with van der Waals surface area (Å²) in [5, 5.41) is 21.2. The number of aromatic amines is 1. The first-order chi connectivity index (χ1) is 9.97. The Morgan fingerprint density at radius 1 is 1.43 bits per heavy atom. The number of hydrogen-bond donors (Lipinski definition) is 4. The van der Waals surface area contributed by atoms with Crippen molar-refractivity contribution in [2.24, 2.45) is 0 Å². The largest absolute Gasteiger partial charge is 0.507 e. The number of nitrogens with zero attached hydrogens (tertiary/aromatic N) is 1. The molecule has 0 spiro atoms. The topological polar surface area (TPSA) is 115 Å². The summed E-state index contributed by atoms with van der Waals surface area (Å²) in [7, 11) is 0. The number of aromatic hydroxyl groups is 1. The van der Waals surface area contributed by atoms with E-state index in [-0.39, 0.29) is 17.7 Å². The predicted molar refractivity (Wildman–Crippen MR) is 77.0 cm³/mol. The van der Waals surface area contributed by atoms with E-state index in [4.69, 9.17) is 0 Å². The average molecular weight is 354 g/mol. The van der Waals surface area contributed by atoms with Crippen LogP contribution in [0, 0.1) is 0 Å². The molecule has 0 saturated heterocycles. The van der Waals surface area contributed by atoms with Crippen LogP contribution in [0.4, 0.5) is 0 Å². The molecule has 0 bridgehead atoms. The van der Waals surface area contributed by atoms with E-state index in [9.17, 15) is 19.8 Å². The first kappa shape index (κ1) is 15.0. The molecular formula is C13H12BrN3O4. The number of carbonyl (C=O) groups excluding carboxylic acids is 1. The van der Waals surface area contributed by atoms with Crippen molar-refractivity contribution in [3.63, 3.8) is 0 Å². The van der Waals surface area contributed by atoms with Gasteiger partial charge >= 0.3 is 5.97 Å². The second-order valence-corrected chi connectivity index (χ2v) is 5.22. The van der Waals surface area contributed by atoms with Crippen LogP contribution < -0.4 is 5.32 Å². The van der Waals surface area contributed by atoms with Gasteiger partial charge in [0.05, 0.1) is 11.9 Å². The highest BCUT2D eigenvalue weighted by molar-refractivity contribution is 9.10. The predicted octanol–water partition coefficient (Wildman–Crippen LogP) is 1.30. The molecule has 0 radical (unpaired) electrons. The number of phenolic OH excluding ortho intramolecular Hbond substituents is 1. The first-order valence-electron chi connectivity index (χ1n) is 5.97. The molecule has 0 unspecified atom stereocenters. The van der Waals surface area contributed by atoms with Crippen molar-refractivity contribution in [3.8, 4) is 5.75 Å². The van der Waals surface area contributed by atoms with Crippen LogP contribution in [0.2, 0.25) is 0 Å². The number of nitrogens with one attached hydrogen (secondary N) is 2. The molecule has 21 heavy (non-hydrogen) atoms. The van der Waals surface area contributed by atoms with Gasteiger partial charge in [0, 0.05) is 22.8 Å². The van der Waals surface area contributed by atoms with Gasteiger partial charge < -0.3 is 20.5 Å². The minimum absolute atomic E-state index is 0.000218. The number of carbonyl (C=O) groups is 2. The molecule has 0 saturated carbocycles. The number of amides is 1. The van der Waals surface area contributed by atoms with Gasteiger partial charge in [-0.2, -0.15) is 0 Å². The van der Waals surface area contributed by atoms with E-state index in [0.717, 1.165) is 0 Å². The Morgan fingerprint density at radius 2 is 2.19 bits per heavy atom. The Labute approximate surface area is 128 Å². The SMILES string of the molecule is O=C(N[C@H](Cc1cnc[nH]1)C(=O)O)c1cc(Br)ccc1O. The summed E-state index contributed by atoms with van der Waals surface area (Å²) < 4.78 is 0.603. The third-order valence-electron chi connectivity index (χ3n) is 2.79. The highest BCUT2D eigenvalue weighted by Crippen LogP contribution is 2.21. The summed E-state index contributed by atoms with van der Waals surface area (Å²) in [5.74, 6) is -2.06. The number of benzene rings is 1. The highest BCUT2D eigenvalue weighted by Gasteiger charge is 2.23. The molecule has 1 atom stereocenters. The van der Waals surface area contributed by atoms with Gasteiger partial charge in [-0.1, -0.05) is 15.9 Å². The van der Waals surface area contributed by atoms with Crippen molar-refractivity contribution < 1.29 is 19.8 Å². The summed E-state index contributed by atoms with van der Waals surface area (Å²) in [6.45, 7) is 0. The Kier molecular flexibility index (Phi) is 4.59. The summed E-state index contributed by atoms with van der Waals surface area (Å²) >= 11 is 3.19. The van der Waals surface area contributed by atoms with Crippen LogP contribution >= 0.6 is 15.9 Å². The molecular weight excluding hydrogens is 342 g/mol. The lowest BCUT2D eigenvalue weighted by atomic mass is 10.1. The zero-order chi connectivity index (χ0) is 15.4. The number of halogens is 1. The van der Waals surface area contributed by atoms with Gasteiger partial charge in [0.2, 0.25) is 0 Å². The molecule has 1 aromatic carbocycles. The van der Waals surface area contributed by atoms with Crippen molar-refractivity contribution >= 4 is 27.8 Å². The Balaban J connectivity index is 2.14. The maximum Gasteiger partial charge on any atom is 0.326 e. The summed E-state index contributed by atoms with van der Waals surface area (Å²) in [6, 6.07) is 3.21. The van der Waals surface area contributed by atoms with Crippen LogP contribution in [-0.2, 0) is 11.2 Å². The van der Waals surface area contributed by atoms with E-state index in [1.165, 1.54) is 24.7 Å². The van der Waals surface area contributed by atoms with E-state index in [2.05, 4.69) is 31.2 Å². The van der Waals surface area contributed by atoms with Crippen molar-refractivity contribution in [3.05, 3.63) is 46.5 Å². The second kappa shape index (κ2) is 6.40. The molecule has 0 aliphatic heterocycles. The van der Waals surface area contributed by atoms with Gasteiger partial charge in [-0.3, -0.25) is 4.79 Å². The molecule has 0 fully saturated rings. The quantitative estimate of drug-likeness (QED) is 0.646. The van der Waals surface area contributed by atoms with E-state index < -0.39 is 17.9 Å². The standard InChI is InChI=1S/C13H12BrN3O4/c14-7-1-2-11(18)9(3-7)12(19)17-10(13(20)21)4-8-5-15-6-16-8/h1-3,5-6,10,18H,4H2,(H,15,16)(H,17,19)(H,20,21)/t10-/m1/s1. The zero-order valence-electron chi connectivity index (χ0n) is 10.7. The van der Waals surface area contributed by atoms with Gasteiger partial charge in [0.25, 0.3) is 5.91 Å². The fraction of sp³-hybridized carbons (Fsp3) is 0.154. The van der Waals surface area contributed by atoms with Crippen LogP contribution in [0.5, 0.6) is 5.75 Å². The number of aliphatic carboxylic acids is 1. The van der Waals surface area contributed by atoms with Crippen LogP contribution in [0.1, 0.15) is 16.1 Å². The molecule has 0 aliphatic carbocycles. The number of carboxylic acid groups (broad SMARTS) is 1. The molecule has 0 aliphatic rings. The number of hydrogen-bond acceptors (Lipinski definition) is 4. The molecule has 1 heterocycles. The van der Waals surface area contributed by atoms with Gasteiger partial charge in [-0.15, -0.1) is 0 Å². The molecule has 110 valence electrons. The molecule has 1 aromatic heterocycles. The van der Waals surface area contributed by atoms with Crippen molar-refractivity contribution in [2.75, 3.05) is 0 Å². The van der Waals surface area contributed by atoms with Crippen molar-refractivity contribution in [2.45, 2.75) is 12.5 Å². The highest BCUT2D eigenvalue weighted by atomic mass is 79.9. The number of phenols is 1. The number of H-pyrrole nitrogens is 1. The van der Waals surface area contributed by atoms with E-state index in [1.807, 2.05) is 0 Å². The zero-order valence-corrected chi connectivity index (χ0v) is 12.3. The Bertz CT molecular complexity index is 657.